The van der Waals surface area contributed by atoms with Gasteiger partial charge in [0, 0.05) is 12.6 Å². The first-order chi connectivity index (χ1) is 9.23. The van der Waals surface area contributed by atoms with Gasteiger partial charge in [0.15, 0.2) is 0 Å². The zero-order valence-electron chi connectivity index (χ0n) is 10.7. The molecule has 1 aromatic carbocycles. The summed E-state index contributed by atoms with van der Waals surface area (Å²) in [5.74, 6) is 0. The summed E-state index contributed by atoms with van der Waals surface area (Å²) in [5, 5.41) is 0. The molecule has 1 unspecified atom stereocenters. The first-order valence-electron chi connectivity index (χ1n) is 5.87. The number of nitrogens with zero attached hydrogens (tertiary/aromatic N) is 1. The normalized spacial score (nSPS) is 21.8. The SMILES string of the molecule is CC1COCCN1S(=O)(=O)c1ccc(S(=O)(=O)F)cc1. The van der Waals surface area contributed by atoms with Crippen LogP contribution in [0.2, 0.25) is 0 Å². The van der Waals surface area contributed by atoms with Gasteiger partial charge in [0.2, 0.25) is 10.0 Å². The van der Waals surface area contributed by atoms with Gasteiger partial charge in [-0.2, -0.15) is 12.7 Å². The van der Waals surface area contributed by atoms with E-state index in [2.05, 4.69) is 0 Å². The number of hydrogen-bond acceptors (Lipinski definition) is 5. The minimum atomic E-state index is -4.83. The molecular formula is C11H14FNO5S2. The van der Waals surface area contributed by atoms with Crippen LogP contribution in [0.3, 0.4) is 0 Å². The lowest BCUT2D eigenvalue weighted by atomic mass is 10.3. The Morgan fingerprint density at radius 1 is 1.15 bits per heavy atom. The Morgan fingerprint density at radius 3 is 2.20 bits per heavy atom. The van der Waals surface area contributed by atoms with Gasteiger partial charge in [0.25, 0.3) is 0 Å². The van der Waals surface area contributed by atoms with E-state index in [4.69, 9.17) is 4.74 Å². The van der Waals surface area contributed by atoms with E-state index < -0.39 is 25.1 Å². The summed E-state index contributed by atoms with van der Waals surface area (Å²) in [4.78, 5) is -0.634. The standard InChI is InChI=1S/C11H14FNO5S2/c1-9-8-18-7-6-13(9)20(16,17)11-4-2-10(3-5-11)19(12,14)15/h2-5,9H,6-8H2,1H3. The molecule has 0 saturated carbocycles. The summed E-state index contributed by atoms with van der Waals surface area (Å²) in [6, 6.07) is 3.74. The van der Waals surface area contributed by atoms with Crippen LogP contribution in [0.15, 0.2) is 34.1 Å². The Bertz CT molecular complexity index is 684. The van der Waals surface area contributed by atoms with E-state index in [9.17, 15) is 20.7 Å². The van der Waals surface area contributed by atoms with Crippen molar-refractivity contribution in [3.63, 3.8) is 0 Å². The Hall–Kier alpha value is -1.03. The van der Waals surface area contributed by atoms with E-state index in [1.165, 1.54) is 4.31 Å². The number of halogens is 1. The van der Waals surface area contributed by atoms with Gasteiger partial charge in [0.1, 0.15) is 0 Å². The van der Waals surface area contributed by atoms with Crippen LogP contribution < -0.4 is 0 Å². The maximum atomic E-state index is 12.8. The van der Waals surface area contributed by atoms with Crippen molar-refractivity contribution in [1.29, 1.82) is 0 Å². The first-order valence-corrected chi connectivity index (χ1v) is 8.69. The van der Waals surface area contributed by atoms with E-state index in [1.807, 2.05) is 0 Å². The first kappa shape index (κ1) is 15.4. The van der Waals surface area contributed by atoms with Crippen LogP contribution in [0.4, 0.5) is 3.89 Å². The van der Waals surface area contributed by atoms with Crippen molar-refractivity contribution in [2.75, 3.05) is 19.8 Å². The summed E-state index contributed by atoms with van der Waals surface area (Å²) in [6.45, 7) is 2.56. The number of benzene rings is 1. The zero-order chi connectivity index (χ0) is 15.0. The lowest BCUT2D eigenvalue weighted by Crippen LogP contribution is -2.46. The van der Waals surface area contributed by atoms with Crippen LogP contribution >= 0.6 is 0 Å². The third-order valence-electron chi connectivity index (χ3n) is 3.02. The number of hydrogen-bond donors (Lipinski definition) is 0. The van der Waals surface area contributed by atoms with E-state index in [0.717, 1.165) is 24.3 Å². The molecule has 0 radical (unpaired) electrons. The summed E-state index contributed by atoms with van der Waals surface area (Å²) in [7, 11) is -8.57. The summed E-state index contributed by atoms with van der Waals surface area (Å²) >= 11 is 0. The second-order valence-electron chi connectivity index (χ2n) is 4.45. The van der Waals surface area contributed by atoms with Crippen LogP contribution in [0.25, 0.3) is 0 Å². The molecule has 112 valence electrons. The fourth-order valence-corrected chi connectivity index (χ4v) is 4.04. The topological polar surface area (TPSA) is 80.8 Å². The van der Waals surface area contributed by atoms with Crippen molar-refractivity contribution in [3.8, 4) is 0 Å². The lowest BCUT2D eigenvalue weighted by Gasteiger charge is -2.32. The van der Waals surface area contributed by atoms with Gasteiger partial charge in [-0.15, -0.1) is 3.89 Å². The quantitative estimate of drug-likeness (QED) is 0.767. The fourth-order valence-electron chi connectivity index (χ4n) is 1.98. The van der Waals surface area contributed by atoms with Gasteiger partial charge in [-0.1, -0.05) is 0 Å². The van der Waals surface area contributed by atoms with E-state index in [0.29, 0.717) is 13.2 Å². The number of morpholine rings is 1. The molecule has 0 spiro atoms. The highest BCUT2D eigenvalue weighted by molar-refractivity contribution is 7.89. The van der Waals surface area contributed by atoms with Gasteiger partial charge in [-0.3, -0.25) is 0 Å². The van der Waals surface area contributed by atoms with Crippen LogP contribution in [-0.2, 0) is 25.0 Å². The molecule has 0 amide bonds. The third-order valence-corrected chi connectivity index (χ3v) is 5.88. The monoisotopic (exact) mass is 323 g/mol. The molecule has 6 nitrogen and oxygen atoms in total. The molecule has 0 N–H and O–H groups in total. The predicted octanol–water partition coefficient (Wildman–Crippen LogP) is 0.754. The van der Waals surface area contributed by atoms with Crippen molar-refractivity contribution < 1.29 is 25.5 Å². The molecule has 1 heterocycles. The van der Waals surface area contributed by atoms with Gasteiger partial charge in [-0.25, -0.2) is 8.42 Å². The van der Waals surface area contributed by atoms with Crippen LogP contribution in [0.1, 0.15) is 6.92 Å². The highest BCUT2D eigenvalue weighted by Gasteiger charge is 2.31. The molecule has 1 atom stereocenters. The second kappa shape index (κ2) is 5.40. The maximum absolute atomic E-state index is 12.8. The minimum absolute atomic E-state index is 0.0707. The van der Waals surface area contributed by atoms with E-state index >= 15 is 0 Å². The number of ether oxygens (including phenoxy) is 1. The van der Waals surface area contributed by atoms with Crippen molar-refractivity contribution in [2.24, 2.45) is 0 Å². The molecule has 20 heavy (non-hydrogen) atoms. The third kappa shape index (κ3) is 3.00. The van der Waals surface area contributed by atoms with E-state index in [-0.39, 0.29) is 17.5 Å². The summed E-state index contributed by atoms with van der Waals surface area (Å²) in [6.07, 6.45) is 0. The van der Waals surface area contributed by atoms with Crippen molar-refractivity contribution in [1.82, 2.24) is 4.31 Å². The molecule has 1 aromatic rings. The fraction of sp³-hybridized carbons (Fsp3) is 0.455. The van der Waals surface area contributed by atoms with E-state index in [1.54, 1.807) is 6.92 Å². The molecule has 0 aromatic heterocycles. The smallest absolute Gasteiger partial charge is 0.332 e. The average Bonchev–Trinajstić information content (AvgIpc) is 2.38. The van der Waals surface area contributed by atoms with Crippen LogP contribution in [-0.4, -0.2) is 46.9 Å². The molecule has 1 aliphatic rings. The number of rotatable bonds is 3. The Morgan fingerprint density at radius 2 is 1.70 bits per heavy atom. The predicted molar refractivity (Wildman–Crippen MR) is 68.9 cm³/mol. The summed E-state index contributed by atoms with van der Waals surface area (Å²) in [5.41, 5.74) is 0. The Kier molecular flexibility index (Phi) is 4.14. The van der Waals surface area contributed by atoms with Gasteiger partial charge >= 0.3 is 10.2 Å². The largest absolute Gasteiger partial charge is 0.378 e. The molecule has 1 fully saturated rings. The zero-order valence-corrected chi connectivity index (χ0v) is 12.3. The summed E-state index contributed by atoms with van der Waals surface area (Å²) < 4.78 is 65.4. The van der Waals surface area contributed by atoms with Gasteiger partial charge in [0.05, 0.1) is 23.0 Å². The highest BCUT2D eigenvalue weighted by Crippen LogP contribution is 2.22. The van der Waals surface area contributed by atoms with Crippen molar-refractivity contribution in [3.05, 3.63) is 24.3 Å². The lowest BCUT2D eigenvalue weighted by molar-refractivity contribution is 0.0393. The maximum Gasteiger partial charge on any atom is 0.332 e. The highest BCUT2D eigenvalue weighted by atomic mass is 32.3. The number of sulfonamides is 1. The molecule has 1 saturated heterocycles. The second-order valence-corrected chi connectivity index (χ2v) is 7.69. The average molecular weight is 323 g/mol. The Labute approximate surface area is 117 Å². The van der Waals surface area contributed by atoms with Crippen LogP contribution in [0, 0.1) is 0 Å². The molecule has 1 aliphatic heterocycles. The van der Waals surface area contributed by atoms with Crippen molar-refractivity contribution in [2.45, 2.75) is 22.8 Å². The van der Waals surface area contributed by atoms with Crippen LogP contribution in [0.5, 0.6) is 0 Å². The molecule has 0 bridgehead atoms. The Balaban J connectivity index is 2.35. The molecule has 0 aliphatic carbocycles. The molecule has 2 rings (SSSR count). The molecular weight excluding hydrogens is 309 g/mol. The van der Waals surface area contributed by atoms with Gasteiger partial charge < -0.3 is 4.74 Å². The van der Waals surface area contributed by atoms with Gasteiger partial charge in [-0.05, 0) is 31.2 Å². The van der Waals surface area contributed by atoms with Crippen molar-refractivity contribution >= 4 is 20.2 Å². The molecule has 9 heteroatoms. The minimum Gasteiger partial charge on any atom is -0.378 e.